The van der Waals surface area contributed by atoms with E-state index in [1.165, 1.54) is 4.80 Å². The third-order valence-corrected chi connectivity index (χ3v) is 5.17. The molecule has 1 aliphatic heterocycles. The van der Waals surface area contributed by atoms with E-state index >= 15 is 0 Å². The van der Waals surface area contributed by atoms with Crippen molar-refractivity contribution in [3.8, 4) is 17.1 Å². The normalized spacial score (nSPS) is 14.1. The highest BCUT2D eigenvalue weighted by atomic mass is 16.5. The predicted molar refractivity (Wildman–Crippen MR) is 110 cm³/mol. The van der Waals surface area contributed by atoms with Crippen molar-refractivity contribution in [1.82, 2.24) is 25.1 Å². The highest BCUT2D eigenvalue weighted by molar-refractivity contribution is 5.76. The first kappa shape index (κ1) is 18.9. The molecule has 0 radical (unpaired) electrons. The van der Waals surface area contributed by atoms with E-state index in [4.69, 9.17) is 4.74 Å². The van der Waals surface area contributed by atoms with Crippen molar-refractivity contribution in [2.24, 2.45) is 0 Å². The summed E-state index contributed by atoms with van der Waals surface area (Å²) in [5, 5.41) is 12.5. The molecule has 4 rings (SSSR count). The standard InChI is InChI=1S/C21H24N6O2/c1-16-7-3-4-8-17(16)21-22-24-27(23-21)15-20(28)26-13-11-25(12-14-26)18-9-5-6-10-19(18)29-2/h3-10H,11-15H2,1-2H3. The van der Waals surface area contributed by atoms with Gasteiger partial charge >= 0.3 is 0 Å². The van der Waals surface area contributed by atoms with Crippen LogP contribution in [0.3, 0.4) is 0 Å². The smallest absolute Gasteiger partial charge is 0.246 e. The first-order valence-corrected chi connectivity index (χ1v) is 9.65. The van der Waals surface area contributed by atoms with Crippen molar-refractivity contribution in [3.63, 3.8) is 0 Å². The maximum atomic E-state index is 12.7. The minimum absolute atomic E-state index is 0.00147. The minimum Gasteiger partial charge on any atom is -0.495 e. The maximum Gasteiger partial charge on any atom is 0.246 e. The van der Waals surface area contributed by atoms with Crippen LogP contribution < -0.4 is 9.64 Å². The topological polar surface area (TPSA) is 76.4 Å². The lowest BCUT2D eigenvalue weighted by molar-refractivity contribution is -0.132. The molecule has 0 aliphatic carbocycles. The number of carbonyl (C=O) groups excluding carboxylic acids is 1. The van der Waals surface area contributed by atoms with E-state index in [0.29, 0.717) is 18.9 Å². The third kappa shape index (κ3) is 4.06. The first-order chi connectivity index (χ1) is 14.2. The summed E-state index contributed by atoms with van der Waals surface area (Å²) in [6.45, 7) is 4.90. The Morgan fingerprint density at radius 2 is 1.76 bits per heavy atom. The average Bonchev–Trinajstić information content (AvgIpc) is 3.22. The molecule has 2 heterocycles. The summed E-state index contributed by atoms with van der Waals surface area (Å²) in [7, 11) is 1.68. The van der Waals surface area contributed by atoms with Gasteiger partial charge in [0.15, 0.2) is 0 Å². The quantitative estimate of drug-likeness (QED) is 0.661. The van der Waals surface area contributed by atoms with Crippen molar-refractivity contribution in [2.45, 2.75) is 13.5 Å². The van der Waals surface area contributed by atoms with Gasteiger partial charge in [0.1, 0.15) is 12.3 Å². The molecule has 1 fully saturated rings. The number of benzene rings is 2. The number of ether oxygens (including phenoxy) is 1. The Kier molecular flexibility index (Phi) is 5.41. The highest BCUT2D eigenvalue weighted by Gasteiger charge is 2.23. The summed E-state index contributed by atoms with van der Waals surface area (Å²) in [5.41, 5.74) is 3.06. The number of hydrogen-bond donors (Lipinski definition) is 0. The van der Waals surface area contributed by atoms with Crippen LogP contribution >= 0.6 is 0 Å². The summed E-state index contributed by atoms with van der Waals surface area (Å²) < 4.78 is 5.45. The highest BCUT2D eigenvalue weighted by Crippen LogP contribution is 2.28. The second kappa shape index (κ2) is 8.30. The van der Waals surface area contributed by atoms with Gasteiger partial charge in [0.2, 0.25) is 11.7 Å². The molecule has 1 amide bonds. The van der Waals surface area contributed by atoms with Crippen molar-refractivity contribution in [2.75, 3.05) is 38.2 Å². The van der Waals surface area contributed by atoms with E-state index in [-0.39, 0.29) is 12.5 Å². The molecular formula is C21H24N6O2. The van der Waals surface area contributed by atoms with Gasteiger partial charge in [-0.3, -0.25) is 4.79 Å². The number of tetrazole rings is 1. The van der Waals surface area contributed by atoms with Gasteiger partial charge in [0.25, 0.3) is 0 Å². The molecule has 1 aliphatic rings. The number of hydrogen-bond acceptors (Lipinski definition) is 6. The SMILES string of the molecule is COc1ccccc1N1CCN(C(=O)Cn2nnc(-c3ccccc3C)n2)CC1. The number of aromatic nitrogens is 4. The van der Waals surface area contributed by atoms with E-state index in [1.54, 1.807) is 7.11 Å². The van der Waals surface area contributed by atoms with Gasteiger partial charge in [-0.15, -0.1) is 10.2 Å². The van der Waals surface area contributed by atoms with Gasteiger partial charge < -0.3 is 14.5 Å². The molecule has 1 saturated heterocycles. The summed E-state index contributed by atoms with van der Waals surface area (Å²) >= 11 is 0. The van der Waals surface area contributed by atoms with Gasteiger partial charge in [0.05, 0.1) is 12.8 Å². The van der Waals surface area contributed by atoms with Crippen molar-refractivity contribution < 1.29 is 9.53 Å². The van der Waals surface area contributed by atoms with E-state index in [1.807, 2.05) is 60.4 Å². The van der Waals surface area contributed by atoms with Gasteiger partial charge in [-0.2, -0.15) is 4.80 Å². The fourth-order valence-electron chi connectivity index (χ4n) is 3.55. The Labute approximate surface area is 169 Å². The van der Waals surface area contributed by atoms with Crippen molar-refractivity contribution in [1.29, 1.82) is 0 Å². The fourth-order valence-corrected chi connectivity index (χ4v) is 3.55. The summed E-state index contributed by atoms with van der Waals surface area (Å²) in [6, 6.07) is 15.8. The van der Waals surface area contributed by atoms with Crippen LogP contribution in [0, 0.1) is 6.92 Å². The first-order valence-electron chi connectivity index (χ1n) is 9.65. The molecule has 1 aromatic heterocycles. The lowest BCUT2D eigenvalue weighted by Crippen LogP contribution is -2.49. The molecule has 0 unspecified atom stereocenters. The molecule has 8 heteroatoms. The number of aryl methyl sites for hydroxylation is 1. The van der Waals surface area contributed by atoms with E-state index in [2.05, 4.69) is 20.3 Å². The van der Waals surface area contributed by atoms with Crippen LogP contribution in [0.2, 0.25) is 0 Å². The van der Waals surface area contributed by atoms with Gasteiger partial charge in [-0.1, -0.05) is 36.4 Å². The number of para-hydroxylation sites is 2. The molecule has 150 valence electrons. The summed E-state index contributed by atoms with van der Waals surface area (Å²) in [5.74, 6) is 1.39. The molecule has 8 nitrogen and oxygen atoms in total. The van der Waals surface area contributed by atoms with Gasteiger partial charge in [-0.25, -0.2) is 0 Å². The lowest BCUT2D eigenvalue weighted by atomic mass is 10.1. The van der Waals surface area contributed by atoms with Crippen molar-refractivity contribution >= 4 is 11.6 Å². The van der Waals surface area contributed by atoms with Crippen molar-refractivity contribution in [3.05, 3.63) is 54.1 Å². The molecule has 2 aromatic carbocycles. The number of nitrogens with zero attached hydrogens (tertiary/aromatic N) is 6. The number of piperazine rings is 1. The zero-order chi connectivity index (χ0) is 20.2. The summed E-state index contributed by atoms with van der Waals surface area (Å²) in [6.07, 6.45) is 0. The number of methoxy groups -OCH3 is 1. The molecule has 0 bridgehead atoms. The average molecular weight is 392 g/mol. The Balaban J connectivity index is 1.37. The monoisotopic (exact) mass is 392 g/mol. The van der Waals surface area contributed by atoms with Crippen LogP contribution in [-0.2, 0) is 11.3 Å². The maximum absolute atomic E-state index is 12.7. The zero-order valence-corrected chi connectivity index (χ0v) is 16.7. The lowest BCUT2D eigenvalue weighted by Gasteiger charge is -2.36. The molecule has 29 heavy (non-hydrogen) atoms. The largest absolute Gasteiger partial charge is 0.495 e. The van der Waals surface area contributed by atoms with Crippen LogP contribution in [0.15, 0.2) is 48.5 Å². The molecule has 0 saturated carbocycles. The molecule has 0 spiro atoms. The Morgan fingerprint density at radius 1 is 1.03 bits per heavy atom. The molecular weight excluding hydrogens is 368 g/mol. The zero-order valence-electron chi connectivity index (χ0n) is 16.7. The molecule has 0 atom stereocenters. The van der Waals surface area contributed by atoms with E-state index in [0.717, 1.165) is 35.7 Å². The molecule has 3 aromatic rings. The minimum atomic E-state index is -0.00147. The summed E-state index contributed by atoms with van der Waals surface area (Å²) in [4.78, 5) is 18.2. The van der Waals surface area contributed by atoms with Gasteiger partial charge in [-0.05, 0) is 29.8 Å². The van der Waals surface area contributed by atoms with Crippen LogP contribution in [-0.4, -0.2) is 64.3 Å². The number of amides is 1. The van der Waals surface area contributed by atoms with E-state index in [9.17, 15) is 4.79 Å². The fraction of sp³-hybridized carbons (Fsp3) is 0.333. The predicted octanol–water partition coefficient (Wildman–Crippen LogP) is 2.01. The van der Waals surface area contributed by atoms with E-state index < -0.39 is 0 Å². The third-order valence-electron chi connectivity index (χ3n) is 5.17. The van der Waals surface area contributed by atoms with Crippen LogP contribution in [0.4, 0.5) is 5.69 Å². The van der Waals surface area contributed by atoms with Crippen LogP contribution in [0.5, 0.6) is 5.75 Å². The molecule has 0 N–H and O–H groups in total. The van der Waals surface area contributed by atoms with Gasteiger partial charge in [0, 0.05) is 31.7 Å². The Bertz CT molecular complexity index is 994. The van der Waals surface area contributed by atoms with Crippen LogP contribution in [0.1, 0.15) is 5.56 Å². The second-order valence-corrected chi connectivity index (χ2v) is 7.00. The Hall–Kier alpha value is -3.42. The second-order valence-electron chi connectivity index (χ2n) is 7.00. The number of carbonyl (C=O) groups is 1. The van der Waals surface area contributed by atoms with Crippen LogP contribution in [0.25, 0.3) is 11.4 Å². The Morgan fingerprint density at radius 3 is 2.52 bits per heavy atom. The number of anilines is 1. The number of rotatable bonds is 5.